The first kappa shape index (κ1) is 16.5. The molecule has 3 N–H and O–H groups in total. The van der Waals surface area contributed by atoms with E-state index < -0.39 is 6.10 Å². The molecule has 126 valence electrons. The van der Waals surface area contributed by atoms with Gasteiger partial charge in [-0.25, -0.2) is 4.79 Å². The smallest absolute Gasteiger partial charge is 0.315 e. The van der Waals surface area contributed by atoms with Gasteiger partial charge >= 0.3 is 6.03 Å². The van der Waals surface area contributed by atoms with E-state index in [0.717, 1.165) is 29.5 Å². The minimum absolute atomic E-state index is 0.102. The van der Waals surface area contributed by atoms with Gasteiger partial charge in [-0.05, 0) is 54.5 Å². The van der Waals surface area contributed by atoms with Crippen molar-refractivity contribution in [1.82, 2.24) is 15.6 Å². The Morgan fingerprint density at radius 3 is 2.42 bits per heavy atom. The Bertz CT molecular complexity index is 669. The number of rotatable bonds is 6. The van der Waals surface area contributed by atoms with Gasteiger partial charge in [0.25, 0.3) is 0 Å². The molecule has 1 aromatic heterocycles. The number of amides is 2. The second-order valence-electron chi connectivity index (χ2n) is 6.34. The maximum absolute atomic E-state index is 11.9. The van der Waals surface area contributed by atoms with E-state index in [1.807, 2.05) is 43.3 Å². The van der Waals surface area contributed by atoms with Gasteiger partial charge in [0.15, 0.2) is 0 Å². The van der Waals surface area contributed by atoms with Gasteiger partial charge in [0.1, 0.15) is 0 Å². The van der Waals surface area contributed by atoms with E-state index in [0.29, 0.717) is 12.5 Å². The van der Waals surface area contributed by atoms with E-state index in [2.05, 4.69) is 15.6 Å². The van der Waals surface area contributed by atoms with Crippen LogP contribution in [0.5, 0.6) is 0 Å². The van der Waals surface area contributed by atoms with Crippen molar-refractivity contribution in [2.24, 2.45) is 5.92 Å². The molecule has 0 spiro atoms. The van der Waals surface area contributed by atoms with Crippen LogP contribution in [0.2, 0.25) is 0 Å². The monoisotopic (exact) mass is 325 g/mol. The van der Waals surface area contributed by atoms with E-state index in [9.17, 15) is 9.90 Å². The summed E-state index contributed by atoms with van der Waals surface area (Å²) in [5, 5.41) is 15.4. The first-order chi connectivity index (χ1) is 11.6. The zero-order valence-electron chi connectivity index (χ0n) is 13.8. The number of nitrogens with zero attached hydrogens (tertiary/aromatic N) is 1. The van der Waals surface area contributed by atoms with Crippen molar-refractivity contribution in [1.29, 1.82) is 0 Å². The lowest BCUT2D eigenvalue weighted by molar-refractivity contribution is 0.149. The second-order valence-corrected chi connectivity index (χ2v) is 6.34. The molecule has 0 unspecified atom stereocenters. The predicted octanol–water partition coefficient (Wildman–Crippen LogP) is 2.88. The number of aliphatic hydroxyl groups excluding tert-OH is 1. The Balaban J connectivity index is 1.52. The summed E-state index contributed by atoms with van der Waals surface area (Å²) in [4.78, 5) is 15.9. The zero-order valence-corrected chi connectivity index (χ0v) is 13.8. The standard InChI is InChI=1S/C19H23N3O2/c1-13(22-19(24)21-12-18(23)17-6-7-17)14-2-4-15(5-3-14)16-8-10-20-11-9-16/h2-5,8-11,13,17-18,23H,6-7,12H2,1H3,(H2,21,22,24)/t13-,18+/m1/s1. The summed E-state index contributed by atoms with van der Waals surface area (Å²) in [6.07, 6.45) is 5.24. The summed E-state index contributed by atoms with van der Waals surface area (Å²) < 4.78 is 0. The van der Waals surface area contributed by atoms with Crippen LogP contribution in [0.15, 0.2) is 48.8 Å². The van der Waals surface area contributed by atoms with Crippen molar-refractivity contribution in [2.45, 2.75) is 31.9 Å². The quantitative estimate of drug-likeness (QED) is 0.764. The Labute approximate surface area is 142 Å². The van der Waals surface area contributed by atoms with Crippen LogP contribution in [0.25, 0.3) is 11.1 Å². The maximum atomic E-state index is 11.9. The number of hydrogen-bond donors (Lipinski definition) is 3. The summed E-state index contributed by atoms with van der Waals surface area (Å²) >= 11 is 0. The van der Waals surface area contributed by atoms with Gasteiger partial charge in [-0.2, -0.15) is 0 Å². The third kappa shape index (κ3) is 4.32. The van der Waals surface area contributed by atoms with Gasteiger partial charge in [0.2, 0.25) is 0 Å². The Morgan fingerprint density at radius 1 is 1.17 bits per heavy atom. The highest BCUT2D eigenvalue weighted by atomic mass is 16.3. The largest absolute Gasteiger partial charge is 0.391 e. The molecule has 5 nitrogen and oxygen atoms in total. The lowest BCUT2D eigenvalue weighted by atomic mass is 10.0. The van der Waals surface area contributed by atoms with Crippen LogP contribution in [0.4, 0.5) is 4.79 Å². The number of benzene rings is 1. The van der Waals surface area contributed by atoms with Crippen molar-refractivity contribution < 1.29 is 9.90 Å². The van der Waals surface area contributed by atoms with Crippen LogP contribution in [-0.2, 0) is 0 Å². The van der Waals surface area contributed by atoms with Crippen LogP contribution in [-0.4, -0.2) is 28.8 Å². The molecule has 2 atom stereocenters. The summed E-state index contributed by atoms with van der Waals surface area (Å²) in [6, 6.07) is 11.7. The van der Waals surface area contributed by atoms with E-state index in [1.54, 1.807) is 12.4 Å². The fourth-order valence-corrected chi connectivity index (χ4v) is 2.68. The van der Waals surface area contributed by atoms with Crippen LogP contribution in [0.3, 0.4) is 0 Å². The number of carbonyl (C=O) groups is 1. The number of urea groups is 1. The van der Waals surface area contributed by atoms with Gasteiger partial charge < -0.3 is 15.7 Å². The van der Waals surface area contributed by atoms with Crippen molar-refractivity contribution in [3.05, 3.63) is 54.4 Å². The molecule has 1 heterocycles. The number of aliphatic hydroxyl groups is 1. The molecule has 2 aromatic rings. The first-order valence-electron chi connectivity index (χ1n) is 8.36. The molecule has 1 fully saturated rings. The SMILES string of the molecule is C[C@@H](NC(=O)NC[C@H](O)C1CC1)c1ccc(-c2ccncc2)cc1. The van der Waals surface area contributed by atoms with Crippen LogP contribution < -0.4 is 10.6 Å². The van der Waals surface area contributed by atoms with E-state index in [1.165, 1.54) is 0 Å². The third-order valence-corrected chi connectivity index (χ3v) is 4.41. The van der Waals surface area contributed by atoms with Gasteiger partial charge in [-0.1, -0.05) is 24.3 Å². The van der Waals surface area contributed by atoms with Crippen LogP contribution >= 0.6 is 0 Å². The van der Waals surface area contributed by atoms with Crippen molar-refractivity contribution in [3.63, 3.8) is 0 Å². The normalized spacial score (nSPS) is 16.2. The number of pyridine rings is 1. The lowest BCUT2D eigenvalue weighted by Crippen LogP contribution is -2.41. The molecule has 1 saturated carbocycles. The van der Waals surface area contributed by atoms with Crippen molar-refractivity contribution in [3.8, 4) is 11.1 Å². The molecule has 1 aliphatic rings. The minimum Gasteiger partial charge on any atom is -0.391 e. The fraction of sp³-hybridized carbons (Fsp3) is 0.368. The number of nitrogens with one attached hydrogen (secondary N) is 2. The summed E-state index contributed by atoms with van der Waals surface area (Å²) in [6.45, 7) is 2.25. The van der Waals surface area contributed by atoms with Gasteiger partial charge in [0, 0.05) is 18.9 Å². The Hall–Kier alpha value is -2.40. The fourth-order valence-electron chi connectivity index (χ4n) is 2.68. The first-order valence-corrected chi connectivity index (χ1v) is 8.36. The van der Waals surface area contributed by atoms with Crippen molar-refractivity contribution >= 4 is 6.03 Å². The molecule has 24 heavy (non-hydrogen) atoms. The highest BCUT2D eigenvalue weighted by molar-refractivity contribution is 5.74. The molecule has 0 radical (unpaired) electrons. The molecular formula is C19H23N3O2. The van der Waals surface area contributed by atoms with Crippen molar-refractivity contribution in [2.75, 3.05) is 6.54 Å². The number of aromatic nitrogens is 1. The third-order valence-electron chi connectivity index (χ3n) is 4.41. The molecule has 0 bridgehead atoms. The molecular weight excluding hydrogens is 302 g/mol. The number of hydrogen-bond acceptors (Lipinski definition) is 3. The average Bonchev–Trinajstić information content (AvgIpc) is 3.46. The van der Waals surface area contributed by atoms with E-state index >= 15 is 0 Å². The predicted molar refractivity (Wildman–Crippen MR) is 93.4 cm³/mol. The molecule has 0 saturated heterocycles. The summed E-state index contributed by atoms with van der Waals surface area (Å²) in [5.74, 6) is 0.364. The maximum Gasteiger partial charge on any atom is 0.315 e. The molecule has 1 aromatic carbocycles. The highest BCUT2D eigenvalue weighted by Crippen LogP contribution is 2.32. The highest BCUT2D eigenvalue weighted by Gasteiger charge is 2.29. The topological polar surface area (TPSA) is 74.2 Å². The molecule has 1 aliphatic carbocycles. The van der Waals surface area contributed by atoms with Gasteiger partial charge in [-0.15, -0.1) is 0 Å². The summed E-state index contributed by atoms with van der Waals surface area (Å²) in [7, 11) is 0. The van der Waals surface area contributed by atoms with Gasteiger partial charge in [-0.3, -0.25) is 4.98 Å². The number of carbonyl (C=O) groups excluding carboxylic acids is 1. The molecule has 2 amide bonds. The molecule has 0 aliphatic heterocycles. The minimum atomic E-state index is -0.425. The Kier molecular flexibility index (Phi) is 5.11. The second kappa shape index (κ2) is 7.45. The van der Waals surface area contributed by atoms with Crippen LogP contribution in [0, 0.1) is 5.92 Å². The molecule has 3 rings (SSSR count). The Morgan fingerprint density at radius 2 is 1.79 bits per heavy atom. The summed E-state index contributed by atoms with van der Waals surface area (Å²) in [5.41, 5.74) is 3.26. The zero-order chi connectivity index (χ0) is 16.9. The average molecular weight is 325 g/mol. The molecule has 5 heteroatoms. The van der Waals surface area contributed by atoms with Crippen LogP contribution in [0.1, 0.15) is 31.4 Å². The van der Waals surface area contributed by atoms with E-state index in [-0.39, 0.29) is 12.1 Å². The van der Waals surface area contributed by atoms with Gasteiger partial charge in [0.05, 0.1) is 12.1 Å². The lowest BCUT2D eigenvalue weighted by Gasteiger charge is -2.17. The van der Waals surface area contributed by atoms with E-state index in [4.69, 9.17) is 0 Å².